The Morgan fingerprint density at radius 3 is 2.33 bits per heavy atom. The molecule has 0 aliphatic carbocycles. The van der Waals surface area contributed by atoms with Crippen molar-refractivity contribution < 1.29 is 14.7 Å². The van der Waals surface area contributed by atoms with Crippen molar-refractivity contribution in [3.05, 3.63) is 72.8 Å². The number of nitrogens with zero attached hydrogens (tertiary/aromatic N) is 5. The Morgan fingerprint density at radius 2 is 1.83 bits per heavy atom. The number of anilines is 1. The molecule has 2 aromatic heterocycles. The zero-order valence-electron chi connectivity index (χ0n) is 21.0. The Morgan fingerprint density at radius 1 is 1.22 bits per heavy atom. The molecule has 0 bridgehead atoms. The largest absolute Gasteiger partial charge is 0.492 e. The Labute approximate surface area is 212 Å². The molecule has 0 unspecified atom stereocenters. The first-order valence-electron chi connectivity index (χ1n) is 11.0. The van der Waals surface area contributed by atoms with Crippen LogP contribution in [-0.4, -0.2) is 40.7 Å². The molecule has 0 aliphatic heterocycles. The van der Waals surface area contributed by atoms with Crippen molar-refractivity contribution in [1.82, 2.24) is 9.66 Å². The zero-order valence-corrected chi connectivity index (χ0v) is 21.8. The van der Waals surface area contributed by atoms with Crippen LogP contribution in [0.1, 0.15) is 54.2 Å². The molecule has 0 spiro atoms. The van der Waals surface area contributed by atoms with E-state index in [1.807, 2.05) is 45.8 Å². The van der Waals surface area contributed by atoms with Gasteiger partial charge in [-0.3, -0.25) is 14.4 Å². The van der Waals surface area contributed by atoms with E-state index >= 15 is 0 Å². The number of rotatable bonds is 4. The summed E-state index contributed by atoms with van der Waals surface area (Å²) in [4.78, 5) is 46.7. The molecule has 1 aromatic carbocycles. The average molecular weight is 506 g/mol. The van der Waals surface area contributed by atoms with Crippen LogP contribution in [0.15, 0.2) is 35.1 Å². The molecule has 186 valence electrons. The van der Waals surface area contributed by atoms with Gasteiger partial charge in [-0.25, -0.2) is 4.98 Å². The third-order valence-electron chi connectivity index (χ3n) is 5.31. The number of carbonyl (C=O) groups excluding carboxylic acids is 2. The third kappa shape index (κ3) is 4.78. The van der Waals surface area contributed by atoms with Gasteiger partial charge < -0.3 is 10.0 Å². The molecule has 0 aliphatic rings. The van der Waals surface area contributed by atoms with Crippen molar-refractivity contribution in [2.24, 2.45) is 0 Å². The fraction of sp³-hybridized carbons (Fsp3) is 0.269. The Hall–Kier alpha value is -4.23. The standard InChI is InChI=1S/C26H27N5O4S/c1-15-18(13-20-21(26(3,4)5)28-25(36-20)29(6)7)23(34)31(24(35)19(15)14-27)30(16(2)32)22(33)17-11-9-8-10-12-17/h8-13,35H,1H2,2-7H3/b18-13-. The predicted molar refractivity (Wildman–Crippen MR) is 140 cm³/mol. The number of carbonyl (C=O) groups is 2. The summed E-state index contributed by atoms with van der Waals surface area (Å²) < 4.78 is 0.529. The maximum atomic E-state index is 13.7. The van der Waals surface area contributed by atoms with E-state index in [-0.39, 0.29) is 27.0 Å². The number of thiazole rings is 1. The van der Waals surface area contributed by atoms with E-state index in [4.69, 9.17) is 4.98 Å². The van der Waals surface area contributed by atoms with E-state index in [2.05, 4.69) is 6.58 Å². The minimum absolute atomic E-state index is 0.0217. The second kappa shape index (κ2) is 9.79. The van der Waals surface area contributed by atoms with E-state index in [1.165, 1.54) is 29.5 Å². The molecule has 1 N–H and O–H groups in total. The average Bonchev–Trinajstić information content (AvgIpc) is 3.25. The number of hydrogen-bond acceptors (Lipinski definition) is 8. The van der Waals surface area contributed by atoms with Gasteiger partial charge in [0.05, 0.1) is 15.8 Å². The zero-order chi connectivity index (χ0) is 26.9. The minimum atomic E-state index is -0.879. The lowest BCUT2D eigenvalue weighted by molar-refractivity contribution is -0.117. The van der Waals surface area contributed by atoms with Crippen LogP contribution in [0.5, 0.6) is 5.88 Å². The van der Waals surface area contributed by atoms with Gasteiger partial charge >= 0.3 is 0 Å². The molecule has 0 radical (unpaired) electrons. The highest BCUT2D eigenvalue weighted by molar-refractivity contribution is 7.16. The van der Waals surface area contributed by atoms with E-state index in [0.29, 0.717) is 19.7 Å². The summed E-state index contributed by atoms with van der Waals surface area (Å²) in [5, 5.41) is 21.8. The molecule has 0 fully saturated rings. The fourth-order valence-electron chi connectivity index (χ4n) is 3.52. The van der Waals surface area contributed by atoms with Gasteiger partial charge in [0.2, 0.25) is 11.8 Å². The number of benzene rings is 1. The van der Waals surface area contributed by atoms with Gasteiger partial charge in [0, 0.05) is 37.2 Å². The van der Waals surface area contributed by atoms with Crippen LogP contribution in [0.3, 0.4) is 0 Å². The molecular formula is C26H27N5O4S. The SMILES string of the molecule is C=c1c(C#N)c(O)n(N(C(C)=O)C(=O)c2ccccc2)c(=O)/c1=C\c1sc(N(C)C)nc1C(C)(C)C. The van der Waals surface area contributed by atoms with Gasteiger partial charge in [0.15, 0.2) is 5.13 Å². The van der Waals surface area contributed by atoms with Crippen molar-refractivity contribution in [1.29, 1.82) is 5.26 Å². The number of pyridine rings is 1. The monoisotopic (exact) mass is 505 g/mol. The van der Waals surface area contributed by atoms with Gasteiger partial charge in [-0.15, -0.1) is 0 Å². The highest BCUT2D eigenvalue weighted by Crippen LogP contribution is 2.33. The number of nitriles is 1. The summed E-state index contributed by atoms with van der Waals surface area (Å²) in [5.41, 5.74) is -0.745. The highest BCUT2D eigenvalue weighted by Gasteiger charge is 2.28. The summed E-state index contributed by atoms with van der Waals surface area (Å²) in [6.07, 6.45) is 1.54. The summed E-state index contributed by atoms with van der Waals surface area (Å²) in [7, 11) is 3.70. The van der Waals surface area contributed by atoms with Crippen molar-refractivity contribution >= 4 is 40.9 Å². The van der Waals surface area contributed by atoms with Crippen LogP contribution in [0.4, 0.5) is 5.13 Å². The van der Waals surface area contributed by atoms with Crippen molar-refractivity contribution in [2.75, 3.05) is 24.0 Å². The molecule has 9 nitrogen and oxygen atoms in total. The Bertz CT molecular complexity index is 1560. The van der Waals surface area contributed by atoms with E-state index < -0.39 is 23.3 Å². The number of aromatic hydroxyl groups is 1. The van der Waals surface area contributed by atoms with Crippen molar-refractivity contribution in [3.8, 4) is 11.9 Å². The number of amides is 2. The first-order chi connectivity index (χ1) is 16.8. The van der Waals surface area contributed by atoms with Crippen LogP contribution in [0, 0.1) is 11.3 Å². The molecular weight excluding hydrogens is 478 g/mol. The molecule has 3 aromatic rings. The van der Waals surface area contributed by atoms with E-state index in [1.54, 1.807) is 18.2 Å². The summed E-state index contributed by atoms with van der Waals surface area (Å²) in [5.74, 6) is -2.51. The van der Waals surface area contributed by atoms with Crippen LogP contribution in [0.2, 0.25) is 0 Å². The van der Waals surface area contributed by atoms with Crippen LogP contribution >= 0.6 is 11.3 Å². The molecule has 0 atom stereocenters. The predicted octanol–water partition coefficient (Wildman–Crippen LogP) is 1.81. The minimum Gasteiger partial charge on any atom is -0.492 e. The van der Waals surface area contributed by atoms with Gasteiger partial charge in [0.1, 0.15) is 11.6 Å². The first-order valence-corrected chi connectivity index (χ1v) is 11.8. The van der Waals surface area contributed by atoms with Crippen LogP contribution in [-0.2, 0) is 10.2 Å². The van der Waals surface area contributed by atoms with Crippen LogP contribution < -0.4 is 25.9 Å². The molecule has 0 saturated carbocycles. The van der Waals surface area contributed by atoms with Gasteiger partial charge in [-0.1, -0.05) is 56.9 Å². The normalized spacial score (nSPS) is 11.8. The first kappa shape index (κ1) is 26.4. The smallest absolute Gasteiger partial charge is 0.280 e. The quantitative estimate of drug-likeness (QED) is 0.574. The molecule has 36 heavy (non-hydrogen) atoms. The summed E-state index contributed by atoms with van der Waals surface area (Å²) in [6.45, 7) is 10.9. The Kier molecular flexibility index (Phi) is 7.17. The topological polar surface area (TPSA) is 120 Å². The molecule has 3 rings (SSSR count). The van der Waals surface area contributed by atoms with E-state index in [9.17, 15) is 24.8 Å². The lowest BCUT2D eigenvalue weighted by atomic mass is 9.91. The highest BCUT2D eigenvalue weighted by atomic mass is 32.1. The van der Waals surface area contributed by atoms with Gasteiger partial charge in [0.25, 0.3) is 11.5 Å². The van der Waals surface area contributed by atoms with Crippen molar-refractivity contribution in [3.63, 3.8) is 0 Å². The summed E-state index contributed by atoms with van der Waals surface area (Å²) >= 11 is 1.34. The lowest BCUT2D eigenvalue weighted by Crippen LogP contribution is -2.56. The fourth-order valence-corrected chi connectivity index (χ4v) is 4.66. The number of imide groups is 1. The molecule has 10 heteroatoms. The maximum absolute atomic E-state index is 13.7. The second-order valence-corrected chi connectivity index (χ2v) is 10.3. The van der Waals surface area contributed by atoms with Gasteiger partial charge in [-0.2, -0.15) is 14.9 Å². The van der Waals surface area contributed by atoms with Crippen molar-refractivity contribution in [2.45, 2.75) is 33.1 Å². The number of hydrogen-bond donors (Lipinski definition) is 1. The maximum Gasteiger partial charge on any atom is 0.280 e. The summed E-state index contributed by atoms with van der Waals surface area (Å²) in [6, 6.07) is 9.69. The lowest BCUT2D eigenvalue weighted by Gasteiger charge is -2.22. The van der Waals surface area contributed by atoms with E-state index in [0.717, 1.165) is 12.6 Å². The van der Waals surface area contributed by atoms with Crippen LogP contribution in [0.25, 0.3) is 12.7 Å². The number of aromatic nitrogens is 2. The second-order valence-electron chi connectivity index (χ2n) is 9.32. The van der Waals surface area contributed by atoms with Gasteiger partial charge in [-0.05, 0) is 18.2 Å². The third-order valence-corrected chi connectivity index (χ3v) is 6.48. The molecule has 2 heterocycles. The molecule has 2 amide bonds. The molecule has 0 saturated heterocycles. The Balaban J connectivity index is 2.43.